The molecule has 5 amide bonds. The Morgan fingerprint density at radius 3 is 2.02 bits per heavy atom. The van der Waals surface area contributed by atoms with Gasteiger partial charge < -0.3 is 41.7 Å². The van der Waals surface area contributed by atoms with E-state index in [0.29, 0.717) is 12.8 Å². The van der Waals surface area contributed by atoms with Gasteiger partial charge in [-0.15, -0.1) is 0 Å². The number of likely N-dealkylation sites (N-methyl/N-ethyl adjacent to an activating group) is 1. The first kappa shape index (κ1) is 46.8. The summed E-state index contributed by atoms with van der Waals surface area (Å²) >= 11 is 0. The molecule has 7 atom stereocenters. The van der Waals surface area contributed by atoms with Crippen molar-refractivity contribution in [2.75, 3.05) is 20.1 Å². The lowest BCUT2D eigenvalue weighted by atomic mass is 9.81. The molecule has 0 bridgehead atoms. The number of esters is 1. The lowest BCUT2D eigenvalue weighted by molar-refractivity contribution is -0.158. The summed E-state index contributed by atoms with van der Waals surface area (Å²) in [6.07, 6.45) is 5.16. The number of nitrogens with zero attached hydrogens (tertiary/aromatic N) is 1. The van der Waals surface area contributed by atoms with Crippen LogP contribution in [0.15, 0.2) is 0 Å². The lowest BCUT2D eigenvalue weighted by Gasteiger charge is -2.37. The molecule has 0 radical (unpaired) electrons. The molecule has 1 saturated carbocycles. The molecular weight excluding hydrogens is 706 g/mol. The number of hydrogen-bond donors (Lipinski definition) is 6. The normalized spacial score (nSPS) is 27.9. The van der Waals surface area contributed by atoms with Crippen LogP contribution in [0.4, 0.5) is 8.78 Å². The monoisotopic (exact) mass is 772 g/mol. The first-order chi connectivity index (χ1) is 25.4. The quantitative estimate of drug-likeness (QED) is 0.113. The number of unbranched alkanes of at least 4 members (excludes halogenated alkanes) is 7. The topological polar surface area (TPSA) is 209 Å². The van der Waals surface area contributed by atoms with Gasteiger partial charge in [-0.05, 0) is 50.9 Å². The molecule has 0 spiro atoms. The molecule has 16 heteroatoms. The number of rotatable bonds is 14. The zero-order chi connectivity index (χ0) is 40.6. The van der Waals surface area contributed by atoms with E-state index < -0.39 is 116 Å². The maximum absolute atomic E-state index is 14.2. The molecule has 0 aromatic carbocycles. The van der Waals surface area contributed by atoms with Crippen LogP contribution in [0.3, 0.4) is 0 Å². The van der Waals surface area contributed by atoms with Crippen LogP contribution in [0.5, 0.6) is 0 Å². The summed E-state index contributed by atoms with van der Waals surface area (Å²) in [7, 11) is 1.46. The summed E-state index contributed by atoms with van der Waals surface area (Å²) in [6.45, 7) is 7.66. The molecule has 0 aromatic heterocycles. The number of aliphatic hydroxyl groups is 1. The smallest absolute Gasteiger partial charge is 0.325 e. The Morgan fingerprint density at radius 2 is 1.46 bits per heavy atom. The number of ether oxygens (including phenoxy) is 1. The highest BCUT2D eigenvalue weighted by molar-refractivity contribution is 5.96. The van der Waals surface area contributed by atoms with Crippen molar-refractivity contribution in [3.8, 4) is 0 Å². The Balaban J connectivity index is 2.50. The first-order valence-electron chi connectivity index (χ1n) is 19.8. The molecule has 1 saturated heterocycles. The molecule has 1 heterocycles. The van der Waals surface area contributed by atoms with Gasteiger partial charge in [-0.2, -0.15) is 0 Å². The molecule has 0 aromatic rings. The number of alkyl halides is 2. The van der Waals surface area contributed by atoms with E-state index in [9.17, 15) is 42.7 Å². The molecular formula is C38H66F2N6O8. The van der Waals surface area contributed by atoms with Gasteiger partial charge in [0.2, 0.25) is 35.5 Å². The van der Waals surface area contributed by atoms with E-state index in [1.165, 1.54) is 31.7 Å². The molecule has 2 aliphatic rings. The summed E-state index contributed by atoms with van der Waals surface area (Å²) < 4.78 is 34.2. The maximum atomic E-state index is 14.2. The molecule has 1 aliphatic carbocycles. The van der Waals surface area contributed by atoms with Crippen LogP contribution in [-0.2, 0) is 33.5 Å². The van der Waals surface area contributed by atoms with Crippen molar-refractivity contribution in [2.24, 2.45) is 23.5 Å². The van der Waals surface area contributed by atoms with Gasteiger partial charge in [0, 0.05) is 26.4 Å². The second-order valence-corrected chi connectivity index (χ2v) is 15.6. The van der Waals surface area contributed by atoms with Crippen molar-refractivity contribution in [1.29, 1.82) is 0 Å². The van der Waals surface area contributed by atoms with Gasteiger partial charge >= 0.3 is 5.97 Å². The van der Waals surface area contributed by atoms with Gasteiger partial charge in [0.05, 0.1) is 12.0 Å². The Kier molecular flexibility index (Phi) is 19.8. The Hall–Kier alpha value is -3.40. The maximum Gasteiger partial charge on any atom is 0.325 e. The first-order valence-corrected chi connectivity index (χ1v) is 19.8. The van der Waals surface area contributed by atoms with E-state index in [-0.39, 0.29) is 25.2 Å². The van der Waals surface area contributed by atoms with Gasteiger partial charge in [0.1, 0.15) is 36.8 Å². The summed E-state index contributed by atoms with van der Waals surface area (Å²) in [4.78, 5) is 82.9. The van der Waals surface area contributed by atoms with E-state index in [1.807, 2.05) is 13.8 Å². The Bertz CT molecular complexity index is 1240. The fraction of sp³-hybridized carbons (Fsp3) is 0.842. The predicted octanol–water partition coefficient (Wildman–Crippen LogP) is 2.69. The lowest BCUT2D eigenvalue weighted by Crippen LogP contribution is -2.62. The number of amides is 5. The standard InChI is InChI=1S/C38H66F2N6O8/c1-7-8-9-10-11-12-13-14-15-29-24(4)37(53)46(6)28(20-23(2)3)34(50)45-32(26-16-18-38(39,40)19-17-26)36(52)43-27(21-41)33(49)44-31(25(5)47)35(51)42-22-30(48)54-29/h23-29,31-32,47H,7-22,41H2,1-6H3,(H,42,51)(H,43,52)(H,44,49)(H,45,50)/t24-,25+,27+,28+,29-,31+,32?/m1/s1. The van der Waals surface area contributed by atoms with E-state index in [4.69, 9.17) is 10.5 Å². The largest absolute Gasteiger partial charge is 0.460 e. The zero-order valence-electron chi connectivity index (χ0n) is 33.1. The van der Waals surface area contributed by atoms with Crippen LogP contribution in [0, 0.1) is 17.8 Å². The predicted molar refractivity (Wildman–Crippen MR) is 199 cm³/mol. The highest BCUT2D eigenvalue weighted by Crippen LogP contribution is 2.37. The molecule has 14 nitrogen and oxygen atoms in total. The van der Waals surface area contributed by atoms with Crippen LogP contribution in [0.25, 0.3) is 0 Å². The highest BCUT2D eigenvalue weighted by atomic mass is 19.3. The van der Waals surface area contributed by atoms with Gasteiger partial charge in [0.15, 0.2) is 0 Å². The van der Waals surface area contributed by atoms with Gasteiger partial charge in [0.25, 0.3) is 0 Å². The summed E-state index contributed by atoms with van der Waals surface area (Å²) in [5.74, 6) is -9.36. The molecule has 7 N–H and O–H groups in total. The van der Waals surface area contributed by atoms with E-state index in [1.54, 1.807) is 6.92 Å². The van der Waals surface area contributed by atoms with Crippen molar-refractivity contribution in [3.63, 3.8) is 0 Å². The third-order valence-corrected chi connectivity index (χ3v) is 10.5. The minimum Gasteiger partial charge on any atom is -0.460 e. The van der Waals surface area contributed by atoms with Crippen LogP contribution in [0.2, 0.25) is 0 Å². The van der Waals surface area contributed by atoms with Crippen molar-refractivity contribution in [1.82, 2.24) is 26.2 Å². The second kappa shape index (κ2) is 22.9. The number of nitrogens with one attached hydrogen (secondary N) is 4. The molecule has 1 aliphatic heterocycles. The van der Waals surface area contributed by atoms with Gasteiger partial charge in [-0.3, -0.25) is 28.8 Å². The van der Waals surface area contributed by atoms with E-state index in [0.717, 1.165) is 32.1 Å². The molecule has 1 unspecified atom stereocenters. The molecule has 54 heavy (non-hydrogen) atoms. The van der Waals surface area contributed by atoms with Crippen molar-refractivity contribution in [2.45, 2.75) is 167 Å². The van der Waals surface area contributed by atoms with Crippen molar-refractivity contribution in [3.05, 3.63) is 0 Å². The van der Waals surface area contributed by atoms with Crippen LogP contribution in [0.1, 0.15) is 125 Å². The number of halogens is 2. The van der Waals surface area contributed by atoms with Gasteiger partial charge in [-0.1, -0.05) is 72.6 Å². The van der Waals surface area contributed by atoms with Crippen LogP contribution < -0.4 is 27.0 Å². The third kappa shape index (κ3) is 15.0. The fourth-order valence-electron chi connectivity index (χ4n) is 7.09. The number of carbonyl (C=O) groups excluding carboxylic acids is 6. The van der Waals surface area contributed by atoms with Crippen molar-refractivity contribution < 1.29 is 47.4 Å². The van der Waals surface area contributed by atoms with E-state index >= 15 is 0 Å². The Labute approximate surface area is 319 Å². The van der Waals surface area contributed by atoms with Gasteiger partial charge in [-0.25, -0.2) is 8.78 Å². The number of cyclic esters (lactones) is 1. The minimum atomic E-state index is -2.93. The average molecular weight is 773 g/mol. The minimum absolute atomic E-state index is 0.0877. The Morgan fingerprint density at radius 1 is 0.870 bits per heavy atom. The van der Waals surface area contributed by atoms with Crippen molar-refractivity contribution >= 4 is 35.5 Å². The summed E-state index contributed by atoms with van der Waals surface area (Å²) in [5, 5.41) is 20.3. The fourth-order valence-corrected chi connectivity index (χ4v) is 7.09. The highest BCUT2D eigenvalue weighted by Gasteiger charge is 2.43. The SMILES string of the molecule is CCCCCCCCCC[C@H]1OC(=O)CNC(=O)[C@H]([C@H](C)O)NC(=O)[C@H](CN)NC(=O)C(C2CCC(F)(F)CC2)NC(=O)[C@H](CC(C)C)N(C)C(=O)[C@@H]1C. The number of aliphatic hydroxyl groups excluding tert-OH is 1. The second-order valence-electron chi connectivity index (χ2n) is 15.6. The summed E-state index contributed by atoms with van der Waals surface area (Å²) in [5.41, 5.74) is 5.84. The molecule has 310 valence electrons. The number of hydrogen-bond acceptors (Lipinski definition) is 9. The third-order valence-electron chi connectivity index (χ3n) is 10.5. The number of carbonyl (C=O) groups is 6. The van der Waals surface area contributed by atoms with Crippen LogP contribution in [-0.4, -0.2) is 108 Å². The average Bonchev–Trinajstić information content (AvgIpc) is 3.11. The van der Waals surface area contributed by atoms with Crippen LogP contribution >= 0.6 is 0 Å². The van der Waals surface area contributed by atoms with E-state index in [2.05, 4.69) is 28.2 Å². The number of nitrogens with two attached hydrogens (primary N) is 1. The molecule has 2 rings (SSSR count). The molecule has 2 fully saturated rings. The summed E-state index contributed by atoms with van der Waals surface area (Å²) in [6, 6.07) is -5.45. The zero-order valence-corrected chi connectivity index (χ0v) is 33.1.